The molecule has 0 amide bonds. The molecule has 188 valence electrons. The molecule has 3 rings (SSSR count). The number of nitrogens with zero attached hydrogens (tertiary/aromatic N) is 2. The first-order chi connectivity index (χ1) is 17.1. The molecule has 36 heavy (non-hydrogen) atoms. The standard InChI is InChI=1S/C26H26F3N5OS/c1-17(2)23-9-4-5-10-24(23)31-25(36)34-30-16-19-11-13-21(14-12-19)33-32-18(3)20-7-6-8-22(15-20)35-26(27,28)29/h4-17,33H,1-3H3,(H2,31,34,36)/b30-16+,32-18+. The number of hydrazone groups is 2. The van der Waals surface area contributed by atoms with Gasteiger partial charge in [0, 0.05) is 11.3 Å². The van der Waals surface area contributed by atoms with Crippen LogP contribution in [0.4, 0.5) is 24.5 Å². The van der Waals surface area contributed by atoms with Gasteiger partial charge in [-0.2, -0.15) is 10.2 Å². The molecule has 0 saturated carbocycles. The summed E-state index contributed by atoms with van der Waals surface area (Å²) in [5.41, 5.74) is 10.3. The van der Waals surface area contributed by atoms with Crippen LogP contribution in [0, 0.1) is 0 Å². The van der Waals surface area contributed by atoms with E-state index in [2.05, 4.69) is 51.0 Å². The third-order valence-corrected chi connectivity index (χ3v) is 5.15. The molecule has 0 spiro atoms. The second kappa shape index (κ2) is 12.2. The molecule has 0 fully saturated rings. The zero-order valence-corrected chi connectivity index (χ0v) is 20.7. The van der Waals surface area contributed by atoms with Crippen LogP contribution in [0.15, 0.2) is 83.0 Å². The Kier molecular flexibility index (Phi) is 9.02. The first kappa shape index (κ1) is 26.7. The summed E-state index contributed by atoms with van der Waals surface area (Å²) in [6.07, 6.45) is -3.12. The first-order valence-corrected chi connectivity index (χ1v) is 11.5. The Bertz CT molecular complexity index is 1240. The van der Waals surface area contributed by atoms with Crippen molar-refractivity contribution in [1.82, 2.24) is 5.43 Å². The Morgan fingerprint density at radius 1 is 1.00 bits per heavy atom. The maximum atomic E-state index is 12.4. The number of benzene rings is 3. The molecule has 3 aromatic carbocycles. The van der Waals surface area contributed by atoms with Crippen molar-refractivity contribution in [3.05, 3.63) is 89.5 Å². The van der Waals surface area contributed by atoms with Gasteiger partial charge in [-0.1, -0.05) is 56.3 Å². The lowest BCUT2D eigenvalue weighted by atomic mass is 10.0. The molecule has 0 aliphatic heterocycles. The number of thiocarbonyl (C=S) groups is 1. The molecule has 10 heteroatoms. The highest BCUT2D eigenvalue weighted by Gasteiger charge is 2.31. The number of anilines is 2. The minimum atomic E-state index is -4.75. The second-order valence-corrected chi connectivity index (χ2v) is 8.48. The fraction of sp³-hybridized carbons (Fsp3) is 0.192. The normalized spacial score (nSPS) is 12.0. The number of hydrogen-bond acceptors (Lipinski definition) is 5. The summed E-state index contributed by atoms with van der Waals surface area (Å²) in [4.78, 5) is 0. The van der Waals surface area contributed by atoms with E-state index in [1.54, 1.807) is 31.3 Å². The van der Waals surface area contributed by atoms with Crippen molar-refractivity contribution in [2.75, 3.05) is 10.7 Å². The van der Waals surface area contributed by atoms with E-state index in [0.29, 0.717) is 28.0 Å². The number of nitrogens with one attached hydrogen (secondary N) is 3. The highest BCUT2D eigenvalue weighted by Crippen LogP contribution is 2.24. The average Bonchev–Trinajstić information content (AvgIpc) is 2.82. The second-order valence-electron chi connectivity index (χ2n) is 8.07. The number of ether oxygens (including phenoxy) is 1. The maximum absolute atomic E-state index is 12.4. The zero-order valence-electron chi connectivity index (χ0n) is 19.9. The number of rotatable bonds is 8. The van der Waals surface area contributed by atoms with Gasteiger partial charge in [-0.15, -0.1) is 13.2 Å². The molecule has 0 unspecified atom stereocenters. The quantitative estimate of drug-likeness (QED) is 0.174. The third-order valence-electron chi connectivity index (χ3n) is 4.96. The lowest BCUT2D eigenvalue weighted by Gasteiger charge is -2.14. The van der Waals surface area contributed by atoms with Gasteiger partial charge in [-0.25, -0.2) is 0 Å². The number of para-hydroxylation sites is 1. The van der Waals surface area contributed by atoms with Crippen molar-refractivity contribution in [2.45, 2.75) is 33.1 Å². The summed E-state index contributed by atoms with van der Waals surface area (Å²) in [6.45, 7) is 5.92. The highest BCUT2D eigenvalue weighted by atomic mass is 32.1. The van der Waals surface area contributed by atoms with Crippen molar-refractivity contribution >= 4 is 40.6 Å². The molecule has 0 bridgehead atoms. The van der Waals surface area contributed by atoms with Crippen molar-refractivity contribution < 1.29 is 17.9 Å². The molecule has 0 aliphatic rings. The number of hydrogen-bond donors (Lipinski definition) is 3. The first-order valence-electron chi connectivity index (χ1n) is 11.1. The van der Waals surface area contributed by atoms with E-state index in [4.69, 9.17) is 12.2 Å². The van der Waals surface area contributed by atoms with Crippen LogP contribution in [-0.4, -0.2) is 23.4 Å². The fourth-order valence-electron chi connectivity index (χ4n) is 3.20. The molecule has 0 aromatic heterocycles. The molecule has 0 atom stereocenters. The van der Waals surface area contributed by atoms with Gasteiger partial charge in [0.1, 0.15) is 5.75 Å². The molecule has 6 nitrogen and oxygen atoms in total. The smallest absolute Gasteiger partial charge is 0.406 e. The molecule has 0 aliphatic carbocycles. The predicted molar refractivity (Wildman–Crippen MR) is 143 cm³/mol. The predicted octanol–water partition coefficient (Wildman–Crippen LogP) is 6.87. The Morgan fingerprint density at radius 2 is 1.72 bits per heavy atom. The van der Waals surface area contributed by atoms with Gasteiger partial charge in [0.05, 0.1) is 17.6 Å². The SMILES string of the molecule is C/C(=N\Nc1ccc(/C=N/NC(=S)Nc2ccccc2C(C)C)cc1)c1cccc(OC(F)(F)F)c1. The van der Waals surface area contributed by atoms with Gasteiger partial charge in [0.15, 0.2) is 5.11 Å². The summed E-state index contributed by atoms with van der Waals surface area (Å²) in [6, 6.07) is 20.9. The number of alkyl halides is 3. The van der Waals surface area contributed by atoms with E-state index in [9.17, 15) is 13.2 Å². The third kappa shape index (κ3) is 8.38. The van der Waals surface area contributed by atoms with E-state index in [1.807, 2.05) is 30.3 Å². The van der Waals surface area contributed by atoms with Gasteiger partial charge in [-0.3, -0.25) is 10.9 Å². The summed E-state index contributed by atoms with van der Waals surface area (Å²) < 4.78 is 41.3. The van der Waals surface area contributed by atoms with Gasteiger partial charge < -0.3 is 10.1 Å². The van der Waals surface area contributed by atoms with Crippen molar-refractivity contribution in [2.24, 2.45) is 10.2 Å². The summed E-state index contributed by atoms with van der Waals surface area (Å²) in [5, 5.41) is 11.9. The van der Waals surface area contributed by atoms with Gasteiger partial charge in [0.2, 0.25) is 0 Å². The molecule has 3 N–H and O–H groups in total. The van der Waals surface area contributed by atoms with Crippen LogP contribution < -0.4 is 20.9 Å². The van der Waals surface area contributed by atoms with E-state index >= 15 is 0 Å². The molecule has 0 heterocycles. The molecular formula is C26H26F3N5OS. The van der Waals surface area contributed by atoms with Crippen LogP contribution in [-0.2, 0) is 0 Å². The topological polar surface area (TPSA) is 70.0 Å². The summed E-state index contributed by atoms with van der Waals surface area (Å²) in [7, 11) is 0. The highest BCUT2D eigenvalue weighted by molar-refractivity contribution is 7.80. The van der Waals surface area contributed by atoms with E-state index < -0.39 is 6.36 Å². The average molecular weight is 514 g/mol. The number of halogens is 3. The largest absolute Gasteiger partial charge is 0.573 e. The Morgan fingerprint density at radius 3 is 2.42 bits per heavy atom. The summed E-state index contributed by atoms with van der Waals surface area (Å²) >= 11 is 5.33. The van der Waals surface area contributed by atoms with Crippen molar-refractivity contribution in [3.8, 4) is 5.75 Å². The van der Waals surface area contributed by atoms with E-state index in [1.165, 1.54) is 18.2 Å². The van der Waals surface area contributed by atoms with Gasteiger partial charge >= 0.3 is 6.36 Å². The van der Waals surface area contributed by atoms with Crippen LogP contribution in [0.25, 0.3) is 0 Å². The minimum absolute atomic E-state index is 0.300. The van der Waals surface area contributed by atoms with Crippen LogP contribution >= 0.6 is 12.2 Å². The van der Waals surface area contributed by atoms with Gasteiger partial charge in [-0.05, 0) is 66.5 Å². The lowest BCUT2D eigenvalue weighted by molar-refractivity contribution is -0.274. The Balaban J connectivity index is 1.54. The van der Waals surface area contributed by atoms with Crippen molar-refractivity contribution in [1.29, 1.82) is 0 Å². The summed E-state index contributed by atoms with van der Waals surface area (Å²) in [5.74, 6) is 0.0550. The van der Waals surface area contributed by atoms with Crippen molar-refractivity contribution in [3.63, 3.8) is 0 Å². The molecule has 3 aromatic rings. The Labute approximate surface area is 213 Å². The molecule has 0 saturated heterocycles. The Hall–Kier alpha value is -3.92. The van der Waals surface area contributed by atoms with Crippen LogP contribution in [0.1, 0.15) is 43.4 Å². The van der Waals surface area contributed by atoms with E-state index in [0.717, 1.165) is 16.8 Å². The lowest BCUT2D eigenvalue weighted by Crippen LogP contribution is -2.24. The van der Waals surface area contributed by atoms with Crippen LogP contribution in [0.3, 0.4) is 0 Å². The maximum Gasteiger partial charge on any atom is 0.573 e. The van der Waals surface area contributed by atoms with Crippen LogP contribution in [0.2, 0.25) is 0 Å². The zero-order chi connectivity index (χ0) is 26.1. The van der Waals surface area contributed by atoms with E-state index in [-0.39, 0.29) is 5.75 Å². The molecular weight excluding hydrogens is 487 g/mol. The van der Waals surface area contributed by atoms with Gasteiger partial charge in [0.25, 0.3) is 0 Å². The molecule has 0 radical (unpaired) electrons. The minimum Gasteiger partial charge on any atom is -0.406 e. The fourth-order valence-corrected chi connectivity index (χ4v) is 3.37. The monoisotopic (exact) mass is 513 g/mol. The van der Waals surface area contributed by atoms with Crippen LogP contribution in [0.5, 0.6) is 5.75 Å².